The molecule has 5 amide bonds. The largest absolute Gasteiger partial charge is 0.346 e. The molecule has 3 fully saturated rings. The van der Waals surface area contributed by atoms with E-state index in [-0.39, 0.29) is 50.2 Å². The van der Waals surface area contributed by atoms with Gasteiger partial charge in [-0.25, -0.2) is 13.2 Å². The number of hydrogen-bond donors (Lipinski definition) is 4. The van der Waals surface area contributed by atoms with Crippen molar-refractivity contribution in [2.24, 2.45) is 22.7 Å². The van der Waals surface area contributed by atoms with Crippen LogP contribution < -0.4 is 21.3 Å². The molecule has 0 spiro atoms. The molecule has 2 heterocycles. The minimum absolute atomic E-state index is 0.0584. The number of amides is 5. The van der Waals surface area contributed by atoms with Gasteiger partial charge in [0.1, 0.15) is 12.1 Å². The fraction of sp³-hybridized carbons (Fsp3) is 0.675. The van der Waals surface area contributed by atoms with Gasteiger partial charge in [0.2, 0.25) is 27.6 Å². The Hall–Kier alpha value is -3.96. The summed E-state index contributed by atoms with van der Waals surface area (Å²) < 4.78 is 28.1. The van der Waals surface area contributed by atoms with Crippen LogP contribution in [0, 0.1) is 35.0 Å². The number of allylic oxidation sites excluding steroid dienone is 2. The fourth-order valence-corrected chi connectivity index (χ4v) is 10.7. The van der Waals surface area contributed by atoms with Crippen LogP contribution in [0.1, 0.15) is 98.3 Å². The third-order valence-electron chi connectivity index (χ3n) is 12.2. The molecule has 0 aromatic carbocycles. The van der Waals surface area contributed by atoms with E-state index in [4.69, 9.17) is 6.42 Å². The average Bonchev–Trinajstić information content (AvgIpc) is 3.90. The van der Waals surface area contributed by atoms with Crippen molar-refractivity contribution < 1.29 is 32.4 Å². The number of terminal acetylenes is 1. The Labute approximate surface area is 320 Å². The summed E-state index contributed by atoms with van der Waals surface area (Å²) in [6.45, 7) is 12.1. The molecule has 0 radical (unpaired) electrons. The maximum atomic E-state index is 14.9. The van der Waals surface area contributed by atoms with Crippen LogP contribution in [0.5, 0.6) is 0 Å². The van der Waals surface area contributed by atoms with Crippen LogP contribution in [-0.4, -0.2) is 97.5 Å². The van der Waals surface area contributed by atoms with Crippen molar-refractivity contribution in [3.05, 3.63) is 35.3 Å². The number of carbonyl (C=O) groups is 5. The van der Waals surface area contributed by atoms with Crippen molar-refractivity contribution >= 4 is 39.6 Å². The molecule has 2 saturated carbocycles. The van der Waals surface area contributed by atoms with Gasteiger partial charge in [0.05, 0.1) is 10.9 Å². The van der Waals surface area contributed by atoms with Gasteiger partial charge in [-0.05, 0) is 72.8 Å². The van der Waals surface area contributed by atoms with Crippen LogP contribution in [0.3, 0.4) is 0 Å². The summed E-state index contributed by atoms with van der Waals surface area (Å²) in [5, 5.41) is 11.3. The molecule has 3 aliphatic carbocycles. The van der Waals surface area contributed by atoms with Gasteiger partial charge in [0.15, 0.2) is 0 Å². The number of Topliss-reactive ketones (excluding diaryl/α,β-unsaturated/α-hetero) is 1. The van der Waals surface area contributed by atoms with Crippen LogP contribution >= 0.6 is 0 Å². The second kappa shape index (κ2) is 16.8. The number of carbonyl (C=O) groups excluding carboxylic acids is 5. The first-order valence-electron chi connectivity index (χ1n) is 19.4. The molecule has 0 bridgehead atoms. The topological polar surface area (TPSA) is 174 Å². The first-order chi connectivity index (χ1) is 25.5. The molecule has 296 valence electrons. The highest BCUT2D eigenvalue weighted by Gasteiger charge is 2.53. The predicted molar refractivity (Wildman–Crippen MR) is 206 cm³/mol. The van der Waals surface area contributed by atoms with Gasteiger partial charge in [-0.15, -0.1) is 18.9 Å². The smallest absolute Gasteiger partial charge is 0.315 e. The number of rotatable bonds is 14. The molecular weight excluding hydrogens is 709 g/mol. The highest BCUT2D eigenvalue weighted by molar-refractivity contribution is 7.93. The van der Waals surface area contributed by atoms with E-state index >= 15 is 0 Å². The Morgan fingerprint density at radius 3 is 2.44 bits per heavy atom. The van der Waals surface area contributed by atoms with Crippen LogP contribution in [0.15, 0.2) is 35.3 Å². The van der Waals surface area contributed by atoms with E-state index in [0.717, 1.165) is 44.1 Å². The third-order valence-corrected chi connectivity index (χ3v) is 14.1. The second-order valence-electron chi connectivity index (χ2n) is 17.0. The Kier molecular flexibility index (Phi) is 12.8. The molecule has 5 aliphatic rings. The number of nitrogens with zero attached hydrogens (tertiary/aromatic N) is 2. The lowest BCUT2D eigenvalue weighted by Gasteiger charge is -2.43. The summed E-state index contributed by atoms with van der Waals surface area (Å²) in [5.74, 6) is -0.149. The van der Waals surface area contributed by atoms with Crippen LogP contribution in [0.2, 0.25) is 0 Å². The lowest BCUT2D eigenvalue weighted by Crippen LogP contribution is -2.63. The summed E-state index contributed by atoms with van der Waals surface area (Å²) in [6.07, 6.45) is 17.9. The summed E-state index contributed by atoms with van der Waals surface area (Å²) in [6, 6.07) is -4.21. The van der Waals surface area contributed by atoms with Crippen molar-refractivity contribution in [2.75, 3.05) is 26.2 Å². The number of urea groups is 1. The maximum absolute atomic E-state index is 14.9. The number of likely N-dealkylation sites (tertiary alicyclic amines) is 1. The maximum Gasteiger partial charge on any atom is 0.315 e. The van der Waals surface area contributed by atoms with Gasteiger partial charge in [-0.2, -0.15) is 4.31 Å². The van der Waals surface area contributed by atoms with Crippen LogP contribution in [-0.2, 0) is 29.2 Å². The van der Waals surface area contributed by atoms with Crippen LogP contribution in [0.4, 0.5) is 4.79 Å². The van der Waals surface area contributed by atoms with Gasteiger partial charge in [0.25, 0.3) is 5.91 Å². The molecule has 14 heteroatoms. The average molecular weight is 767 g/mol. The SMILES string of the molecule is C#CCCC(NC(=O)[C@@H]1[C@H]2CCC[C@H]2CN1C(=O)[C@@H](NC(=O)N[C@H](CN1CC2=C(C=CC2)S1(=O)=O)C(C)(C)C)C1(C)CCCCC1)C(=O)C(=O)NCC=C. The number of ketones is 1. The highest BCUT2D eigenvalue weighted by atomic mass is 32.2. The lowest BCUT2D eigenvalue weighted by molar-refractivity contribution is -0.145. The quantitative estimate of drug-likeness (QED) is 0.119. The first-order valence-corrected chi connectivity index (χ1v) is 20.9. The Morgan fingerprint density at radius 1 is 1.07 bits per heavy atom. The molecule has 5 rings (SSSR count). The Morgan fingerprint density at radius 2 is 1.80 bits per heavy atom. The summed E-state index contributed by atoms with van der Waals surface area (Å²) in [4.78, 5) is 71.0. The molecule has 0 aromatic heterocycles. The zero-order chi connectivity index (χ0) is 39.4. The highest BCUT2D eigenvalue weighted by Crippen LogP contribution is 2.45. The van der Waals surface area contributed by atoms with Gasteiger partial charge in [-0.3, -0.25) is 19.2 Å². The van der Waals surface area contributed by atoms with E-state index in [9.17, 15) is 32.4 Å². The molecule has 54 heavy (non-hydrogen) atoms. The normalized spacial score (nSPS) is 25.8. The summed E-state index contributed by atoms with van der Waals surface area (Å²) in [7, 11) is -3.68. The van der Waals surface area contributed by atoms with E-state index < -0.39 is 68.6 Å². The minimum atomic E-state index is -3.68. The molecule has 2 aliphatic heterocycles. The zero-order valence-corrected chi connectivity index (χ0v) is 33.1. The molecular formula is C40H58N6O7S. The number of fused-ring (bicyclic) bond motifs is 1. The standard InChI is InChI=1S/C40H58N6O7S/c1-7-9-18-29(33(47)36(49)41-22-8-2)42-35(48)32-28-17-13-15-26(28)24-46(32)37(50)34(40(6)20-11-10-12-21-40)44-38(51)43-31(39(3,4)5)25-45-23-27-16-14-19-30(27)54(45,52)53/h1,8,14,19,26,28-29,31-32,34H,2,9-13,15-18,20-25H2,3-6H3,(H,41,49)(H,42,48)(H2,43,44,51)/t26-,28-,29?,31+,32-,34+/m0/s1. The number of sulfonamides is 1. The van der Waals surface area contributed by atoms with Gasteiger partial charge < -0.3 is 26.2 Å². The monoisotopic (exact) mass is 766 g/mol. The van der Waals surface area contributed by atoms with Crippen molar-refractivity contribution in [1.82, 2.24) is 30.5 Å². The second-order valence-corrected chi connectivity index (χ2v) is 18.9. The first kappa shape index (κ1) is 41.2. The molecule has 1 saturated heterocycles. The summed E-state index contributed by atoms with van der Waals surface area (Å²) >= 11 is 0. The molecule has 6 atom stereocenters. The fourth-order valence-electron chi connectivity index (χ4n) is 8.99. The van der Waals surface area contributed by atoms with Gasteiger partial charge in [-0.1, -0.05) is 65.5 Å². The molecule has 4 N–H and O–H groups in total. The minimum Gasteiger partial charge on any atom is -0.346 e. The van der Waals surface area contributed by atoms with E-state index in [1.165, 1.54) is 10.4 Å². The number of nitrogens with one attached hydrogen (secondary N) is 4. The molecule has 0 aromatic rings. The molecule has 1 unspecified atom stereocenters. The Bertz CT molecular complexity index is 1720. The Balaban J connectivity index is 1.38. The van der Waals surface area contributed by atoms with Crippen LogP contribution in [0.25, 0.3) is 0 Å². The lowest BCUT2D eigenvalue weighted by atomic mass is 9.70. The van der Waals surface area contributed by atoms with E-state index in [1.54, 1.807) is 11.0 Å². The van der Waals surface area contributed by atoms with Crippen molar-refractivity contribution in [3.63, 3.8) is 0 Å². The van der Waals surface area contributed by atoms with Crippen molar-refractivity contribution in [2.45, 2.75) is 122 Å². The van der Waals surface area contributed by atoms with E-state index in [1.807, 2.05) is 33.8 Å². The number of hydrogen-bond acceptors (Lipinski definition) is 7. The predicted octanol–water partition coefficient (Wildman–Crippen LogP) is 3.30. The molecule has 13 nitrogen and oxygen atoms in total. The summed E-state index contributed by atoms with van der Waals surface area (Å²) in [5.41, 5.74) is -0.290. The van der Waals surface area contributed by atoms with Gasteiger partial charge >= 0.3 is 6.03 Å². The van der Waals surface area contributed by atoms with Crippen molar-refractivity contribution in [3.8, 4) is 12.3 Å². The zero-order valence-electron chi connectivity index (χ0n) is 32.2. The van der Waals surface area contributed by atoms with E-state index in [0.29, 0.717) is 30.7 Å². The third kappa shape index (κ3) is 8.78. The van der Waals surface area contributed by atoms with Crippen molar-refractivity contribution in [1.29, 1.82) is 0 Å². The van der Waals surface area contributed by atoms with E-state index in [2.05, 4.69) is 33.8 Å². The van der Waals surface area contributed by atoms with Gasteiger partial charge in [0, 0.05) is 38.6 Å².